The summed E-state index contributed by atoms with van der Waals surface area (Å²) in [6.45, 7) is 1.81. The minimum absolute atomic E-state index is 0.0711. The van der Waals surface area contributed by atoms with Crippen molar-refractivity contribution in [2.24, 2.45) is 5.73 Å². The lowest BCUT2D eigenvalue weighted by Gasteiger charge is -2.23. The van der Waals surface area contributed by atoms with Crippen LogP contribution in [-0.4, -0.2) is 30.1 Å². The zero-order valence-electron chi connectivity index (χ0n) is 8.98. The van der Waals surface area contributed by atoms with Crippen molar-refractivity contribution in [2.75, 3.05) is 13.1 Å². The first-order valence-electron chi connectivity index (χ1n) is 5.39. The quantitative estimate of drug-likeness (QED) is 0.770. The Balaban J connectivity index is 2.10. The third-order valence-electron chi connectivity index (χ3n) is 2.57. The van der Waals surface area contributed by atoms with Crippen molar-refractivity contribution in [1.29, 1.82) is 0 Å². The number of rotatable bonds is 3. The first-order chi connectivity index (χ1) is 7.77. The van der Waals surface area contributed by atoms with Crippen LogP contribution in [0.15, 0.2) is 18.3 Å². The van der Waals surface area contributed by atoms with Gasteiger partial charge in [0.15, 0.2) is 0 Å². The Morgan fingerprint density at radius 2 is 2.50 bits per heavy atom. The second-order valence-corrected chi connectivity index (χ2v) is 3.81. The van der Waals surface area contributed by atoms with E-state index in [1.807, 2.05) is 0 Å². The van der Waals surface area contributed by atoms with E-state index in [-0.39, 0.29) is 6.10 Å². The zero-order valence-corrected chi connectivity index (χ0v) is 8.98. The van der Waals surface area contributed by atoms with Gasteiger partial charge in [0.25, 0.3) is 5.91 Å². The van der Waals surface area contributed by atoms with Gasteiger partial charge < -0.3 is 15.8 Å². The fraction of sp³-hybridized carbons (Fsp3) is 0.455. The van der Waals surface area contributed by atoms with Crippen molar-refractivity contribution in [3.05, 3.63) is 23.9 Å². The molecule has 3 N–H and O–H groups in total. The highest BCUT2D eigenvalue weighted by molar-refractivity contribution is 5.94. The summed E-state index contributed by atoms with van der Waals surface area (Å²) in [4.78, 5) is 15.2. The number of nitrogens with zero attached hydrogens (tertiary/aromatic N) is 1. The summed E-state index contributed by atoms with van der Waals surface area (Å²) in [5.74, 6) is -0.171. The van der Waals surface area contributed by atoms with E-state index in [1.165, 1.54) is 0 Å². The van der Waals surface area contributed by atoms with Gasteiger partial charge in [-0.3, -0.25) is 4.79 Å². The number of nitrogens with two attached hydrogens (primary N) is 1. The van der Waals surface area contributed by atoms with Crippen LogP contribution in [0.4, 0.5) is 0 Å². The number of primary amides is 1. The molecule has 1 aromatic heterocycles. The van der Waals surface area contributed by atoms with E-state index < -0.39 is 5.91 Å². The van der Waals surface area contributed by atoms with Gasteiger partial charge in [0.2, 0.25) is 5.88 Å². The number of carbonyl (C=O) groups excluding carboxylic acids is 1. The van der Waals surface area contributed by atoms with Crippen LogP contribution in [0, 0.1) is 0 Å². The summed E-state index contributed by atoms with van der Waals surface area (Å²) >= 11 is 0. The van der Waals surface area contributed by atoms with Crippen LogP contribution in [0.1, 0.15) is 23.2 Å². The highest BCUT2D eigenvalue weighted by Crippen LogP contribution is 2.17. The molecule has 0 radical (unpaired) electrons. The number of nitrogens with one attached hydrogen (secondary N) is 1. The van der Waals surface area contributed by atoms with Gasteiger partial charge in [0.1, 0.15) is 11.7 Å². The van der Waals surface area contributed by atoms with Crippen molar-refractivity contribution >= 4 is 5.91 Å². The predicted octanol–water partition coefficient (Wildman–Crippen LogP) is 0.311. The maximum atomic E-state index is 11.2. The molecule has 1 fully saturated rings. The van der Waals surface area contributed by atoms with Crippen LogP contribution < -0.4 is 15.8 Å². The molecule has 1 atom stereocenters. The van der Waals surface area contributed by atoms with E-state index in [0.29, 0.717) is 11.4 Å². The van der Waals surface area contributed by atoms with Crippen molar-refractivity contribution in [3.8, 4) is 5.88 Å². The molecule has 0 saturated carbocycles. The molecule has 1 saturated heterocycles. The molecule has 0 unspecified atom stereocenters. The van der Waals surface area contributed by atoms with Crippen LogP contribution in [-0.2, 0) is 0 Å². The Hall–Kier alpha value is -1.62. The Morgan fingerprint density at radius 3 is 3.19 bits per heavy atom. The molecule has 16 heavy (non-hydrogen) atoms. The molecular formula is C11H15N3O2. The molecular weight excluding hydrogens is 206 g/mol. The van der Waals surface area contributed by atoms with E-state index in [9.17, 15) is 4.79 Å². The van der Waals surface area contributed by atoms with Crippen molar-refractivity contribution in [2.45, 2.75) is 18.9 Å². The molecule has 1 aromatic rings. The highest BCUT2D eigenvalue weighted by atomic mass is 16.5. The largest absolute Gasteiger partial charge is 0.472 e. The molecule has 0 bridgehead atoms. The van der Waals surface area contributed by atoms with E-state index in [2.05, 4.69) is 10.3 Å². The number of hydrogen-bond donors (Lipinski definition) is 2. The highest BCUT2D eigenvalue weighted by Gasteiger charge is 2.18. The maximum Gasteiger partial charge on any atom is 0.254 e. The number of aromatic nitrogens is 1. The van der Waals surface area contributed by atoms with Crippen molar-refractivity contribution < 1.29 is 9.53 Å². The third kappa shape index (κ3) is 2.49. The van der Waals surface area contributed by atoms with E-state index in [1.54, 1.807) is 18.3 Å². The van der Waals surface area contributed by atoms with Crippen LogP contribution in [0.25, 0.3) is 0 Å². The smallest absolute Gasteiger partial charge is 0.254 e. The number of carbonyl (C=O) groups is 1. The van der Waals surface area contributed by atoms with Gasteiger partial charge in [-0.05, 0) is 31.5 Å². The molecule has 5 nitrogen and oxygen atoms in total. The third-order valence-corrected chi connectivity index (χ3v) is 2.57. The molecule has 86 valence electrons. The topological polar surface area (TPSA) is 77.2 Å². The number of ether oxygens (including phenoxy) is 1. The molecule has 0 aromatic carbocycles. The summed E-state index contributed by atoms with van der Waals surface area (Å²) in [6, 6.07) is 3.30. The van der Waals surface area contributed by atoms with E-state index in [0.717, 1.165) is 25.9 Å². The molecule has 0 spiro atoms. The minimum atomic E-state index is -0.508. The first-order valence-corrected chi connectivity index (χ1v) is 5.39. The van der Waals surface area contributed by atoms with Gasteiger partial charge >= 0.3 is 0 Å². The van der Waals surface area contributed by atoms with Crippen LogP contribution in [0.2, 0.25) is 0 Å². The lowest BCUT2D eigenvalue weighted by molar-refractivity contribution is 0.0987. The average molecular weight is 221 g/mol. The Bertz CT molecular complexity index is 375. The summed E-state index contributed by atoms with van der Waals surface area (Å²) in [5.41, 5.74) is 5.59. The number of amides is 1. The normalized spacial score (nSPS) is 20.4. The SMILES string of the molecule is NC(=O)c1cccnc1O[C@@H]1CCCNC1. The summed E-state index contributed by atoms with van der Waals surface area (Å²) < 4.78 is 5.67. The molecule has 0 aliphatic carbocycles. The Kier molecular flexibility index (Phi) is 3.36. The number of piperidine rings is 1. The van der Waals surface area contributed by atoms with E-state index >= 15 is 0 Å². The maximum absolute atomic E-state index is 11.2. The fourth-order valence-corrected chi connectivity index (χ4v) is 1.75. The van der Waals surface area contributed by atoms with Gasteiger partial charge in [-0.25, -0.2) is 4.98 Å². The summed E-state index contributed by atoms with van der Waals surface area (Å²) in [7, 11) is 0. The standard InChI is InChI=1S/C11H15N3O2/c12-10(15)9-4-2-6-14-11(9)16-8-3-1-5-13-7-8/h2,4,6,8,13H,1,3,5,7H2,(H2,12,15)/t8-/m1/s1. The molecule has 2 heterocycles. The Morgan fingerprint density at radius 1 is 1.62 bits per heavy atom. The first kappa shape index (κ1) is 10.9. The summed E-state index contributed by atoms with van der Waals surface area (Å²) in [5, 5.41) is 3.23. The minimum Gasteiger partial charge on any atom is -0.472 e. The van der Waals surface area contributed by atoms with Crippen LogP contribution in [0.5, 0.6) is 5.88 Å². The Labute approximate surface area is 94.0 Å². The second kappa shape index (κ2) is 4.94. The lowest BCUT2D eigenvalue weighted by Crippen LogP contribution is -2.37. The monoisotopic (exact) mass is 221 g/mol. The van der Waals surface area contributed by atoms with Crippen LogP contribution >= 0.6 is 0 Å². The van der Waals surface area contributed by atoms with Gasteiger partial charge in [0, 0.05) is 12.7 Å². The van der Waals surface area contributed by atoms with E-state index in [4.69, 9.17) is 10.5 Å². The van der Waals surface area contributed by atoms with Gasteiger partial charge in [-0.2, -0.15) is 0 Å². The number of hydrogen-bond acceptors (Lipinski definition) is 4. The predicted molar refractivity (Wildman–Crippen MR) is 59.3 cm³/mol. The molecule has 1 amide bonds. The average Bonchev–Trinajstić information content (AvgIpc) is 2.31. The fourth-order valence-electron chi connectivity index (χ4n) is 1.75. The van der Waals surface area contributed by atoms with Gasteiger partial charge in [0.05, 0.1) is 0 Å². The number of pyridine rings is 1. The molecule has 5 heteroatoms. The molecule has 1 aliphatic heterocycles. The van der Waals surface area contributed by atoms with Crippen molar-refractivity contribution in [3.63, 3.8) is 0 Å². The lowest BCUT2D eigenvalue weighted by atomic mass is 10.1. The van der Waals surface area contributed by atoms with Crippen molar-refractivity contribution in [1.82, 2.24) is 10.3 Å². The molecule has 1 aliphatic rings. The second-order valence-electron chi connectivity index (χ2n) is 3.81. The van der Waals surface area contributed by atoms with Crippen LogP contribution in [0.3, 0.4) is 0 Å². The van der Waals surface area contributed by atoms with Gasteiger partial charge in [-0.1, -0.05) is 0 Å². The summed E-state index contributed by atoms with van der Waals surface area (Å²) in [6.07, 6.45) is 3.71. The van der Waals surface area contributed by atoms with Gasteiger partial charge in [-0.15, -0.1) is 0 Å². The zero-order chi connectivity index (χ0) is 11.4. The molecule has 2 rings (SSSR count).